The monoisotopic (exact) mass is 248 g/mol. The van der Waals surface area contributed by atoms with Crippen molar-refractivity contribution in [1.82, 2.24) is 4.98 Å². The fourth-order valence-corrected chi connectivity index (χ4v) is 3.23. The summed E-state index contributed by atoms with van der Waals surface area (Å²) < 4.78 is 0. The predicted octanol–water partition coefficient (Wildman–Crippen LogP) is 1.99. The van der Waals surface area contributed by atoms with Crippen LogP contribution in [0.3, 0.4) is 0 Å². The molecule has 2 atom stereocenters. The molecule has 0 aromatic carbocycles. The Morgan fingerprint density at radius 3 is 2.94 bits per heavy atom. The summed E-state index contributed by atoms with van der Waals surface area (Å²) in [5.41, 5.74) is -0.572. The van der Waals surface area contributed by atoms with Crippen LogP contribution >= 0.6 is 11.3 Å². The summed E-state index contributed by atoms with van der Waals surface area (Å²) in [5.74, 6) is -0.424. The molecule has 2 amide bonds. The van der Waals surface area contributed by atoms with Crippen molar-refractivity contribution in [3.8, 4) is 0 Å². The normalized spacial score (nSPS) is 32.1. The van der Waals surface area contributed by atoms with E-state index in [1.807, 2.05) is 19.1 Å². The zero-order chi connectivity index (χ0) is 12.0. The van der Waals surface area contributed by atoms with E-state index >= 15 is 0 Å². The lowest BCUT2D eigenvalue weighted by Gasteiger charge is -2.27. The fraction of sp³-hybridized carbons (Fsp3) is 0.417. The summed E-state index contributed by atoms with van der Waals surface area (Å²) in [6.07, 6.45) is 6.89. The molecule has 0 spiro atoms. The van der Waals surface area contributed by atoms with E-state index in [1.165, 1.54) is 16.2 Å². The summed E-state index contributed by atoms with van der Waals surface area (Å²) in [5, 5.41) is 2.27. The van der Waals surface area contributed by atoms with Crippen LogP contribution in [-0.4, -0.2) is 16.8 Å². The predicted molar refractivity (Wildman–Crippen MR) is 64.6 cm³/mol. The summed E-state index contributed by atoms with van der Waals surface area (Å²) in [7, 11) is 0. The molecule has 0 unspecified atom stereocenters. The van der Waals surface area contributed by atoms with E-state index in [9.17, 15) is 9.59 Å². The highest BCUT2D eigenvalue weighted by Gasteiger charge is 2.57. The third-order valence-electron chi connectivity index (χ3n) is 3.67. The van der Waals surface area contributed by atoms with Crippen LogP contribution < -0.4 is 4.90 Å². The van der Waals surface area contributed by atoms with Crippen LogP contribution in [0.4, 0.5) is 5.13 Å². The van der Waals surface area contributed by atoms with Gasteiger partial charge in [-0.1, -0.05) is 12.2 Å². The molecular formula is C12H12N2O2S. The largest absolute Gasteiger partial charge is 0.274 e. The zero-order valence-corrected chi connectivity index (χ0v) is 10.2. The van der Waals surface area contributed by atoms with Gasteiger partial charge < -0.3 is 0 Å². The first kappa shape index (κ1) is 10.7. The number of hydrogen-bond acceptors (Lipinski definition) is 4. The Kier molecular flexibility index (Phi) is 2.19. The Morgan fingerprint density at radius 1 is 1.47 bits per heavy atom. The molecule has 17 heavy (non-hydrogen) atoms. The van der Waals surface area contributed by atoms with Crippen molar-refractivity contribution < 1.29 is 9.59 Å². The standard InChI is InChI=1S/C12H12N2O2S/c1-12-5-3-2-4-8(12)9(15)14(10(12)16)11-13-6-7-17-11/h2-3,6-8H,4-5H2,1H3/t8-,12+/m0/s1. The van der Waals surface area contributed by atoms with Crippen molar-refractivity contribution >= 4 is 28.3 Å². The smallest absolute Gasteiger partial charge is 0.242 e. The van der Waals surface area contributed by atoms with E-state index in [2.05, 4.69) is 4.98 Å². The van der Waals surface area contributed by atoms with Crippen molar-refractivity contribution in [3.63, 3.8) is 0 Å². The maximum absolute atomic E-state index is 12.4. The molecule has 88 valence electrons. The Hall–Kier alpha value is -1.49. The third kappa shape index (κ3) is 1.32. The molecule has 0 bridgehead atoms. The maximum atomic E-state index is 12.4. The number of amides is 2. The number of carbonyl (C=O) groups excluding carboxylic acids is 2. The lowest BCUT2D eigenvalue weighted by Crippen LogP contribution is -2.34. The van der Waals surface area contributed by atoms with Crippen LogP contribution in [0.5, 0.6) is 0 Å². The number of allylic oxidation sites excluding steroid dienone is 2. The number of aromatic nitrogens is 1. The van der Waals surface area contributed by atoms with Crippen molar-refractivity contribution in [1.29, 1.82) is 0 Å². The highest BCUT2D eigenvalue weighted by Crippen LogP contribution is 2.47. The van der Waals surface area contributed by atoms with Crippen LogP contribution in [-0.2, 0) is 9.59 Å². The van der Waals surface area contributed by atoms with E-state index in [1.54, 1.807) is 11.6 Å². The number of fused-ring (bicyclic) bond motifs is 1. The molecule has 0 saturated carbocycles. The average molecular weight is 248 g/mol. The lowest BCUT2D eigenvalue weighted by molar-refractivity contribution is -0.126. The molecule has 1 fully saturated rings. The van der Waals surface area contributed by atoms with Gasteiger partial charge in [-0.2, -0.15) is 0 Å². The van der Waals surface area contributed by atoms with Crippen molar-refractivity contribution in [2.45, 2.75) is 19.8 Å². The zero-order valence-electron chi connectivity index (χ0n) is 9.42. The van der Waals surface area contributed by atoms with Gasteiger partial charge in [0.1, 0.15) is 0 Å². The van der Waals surface area contributed by atoms with Crippen LogP contribution in [0.2, 0.25) is 0 Å². The van der Waals surface area contributed by atoms with Gasteiger partial charge in [0.05, 0.1) is 11.3 Å². The van der Waals surface area contributed by atoms with Gasteiger partial charge in [-0.25, -0.2) is 9.88 Å². The molecule has 1 aliphatic carbocycles. The molecule has 4 nitrogen and oxygen atoms in total. The number of thiazole rings is 1. The molecule has 1 aliphatic heterocycles. The molecule has 0 radical (unpaired) electrons. The molecule has 1 aromatic heterocycles. The van der Waals surface area contributed by atoms with E-state index in [0.29, 0.717) is 18.0 Å². The lowest BCUT2D eigenvalue weighted by atomic mass is 9.72. The second kappa shape index (κ2) is 3.50. The second-order valence-corrected chi connectivity index (χ2v) is 5.55. The van der Waals surface area contributed by atoms with Crippen LogP contribution in [0.15, 0.2) is 23.7 Å². The molecule has 3 rings (SSSR count). The molecule has 2 aliphatic rings. The first-order chi connectivity index (χ1) is 8.14. The fourth-order valence-electron chi connectivity index (χ4n) is 2.59. The molecule has 1 saturated heterocycles. The minimum absolute atomic E-state index is 0.100. The number of nitrogens with zero attached hydrogens (tertiary/aromatic N) is 2. The van der Waals surface area contributed by atoms with Gasteiger partial charge in [0.15, 0.2) is 5.13 Å². The molecule has 2 heterocycles. The van der Waals surface area contributed by atoms with Gasteiger partial charge in [-0.15, -0.1) is 11.3 Å². The van der Waals surface area contributed by atoms with Gasteiger partial charge in [0, 0.05) is 11.6 Å². The van der Waals surface area contributed by atoms with Crippen LogP contribution in [0, 0.1) is 11.3 Å². The quantitative estimate of drug-likeness (QED) is 0.564. The van der Waals surface area contributed by atoms with Crippen LogP contribution in [0.25, 0.3) is 0 Å². The minimum atomic E-state index is -0.572. The maximum Gasteiger partial charge on any atom is 0.242 e. The Bertz CT molecular complexity index is 509. The topological polar surface area (TPSA) is 50.3 Å². The van der Waals surface area contributed by atoms with E-state index in [-0.39, 0.29) is 17.7 Å². The first-order valence-electron chi connectivity index (χ1n) is 5.57. The summed E-state index contributed by atoms with van der Waals surface area (Å²) in [6, 6.07) is 0. The number of carbonyl (C=O) groups is 2. The average Bonchev–Trinajstić information content (AvgIpc) is 2.88. The number of anilines is 1. The van der Waals surface area contributed by atoms with Gasteiger partial charge in [-0.3, -0.25) is 9.59 Å². The van der Waals surface area contributed by atoms with Crippen LogP contribution in [0.1, 0.15) is 19.8 Å². The summed E-state index contributed by atoms with van der Waals surface area (Å²) >= 11 is 1.32. The molecule has 0 N–H and O–H groups in total. The highest BCUT2D eigenvalue weighted by atomic mass is 32.1. The van der Waals surface area contributed by atoms with Gasteiger partial charge in [0.25, 0.3) is 0 Å². The third-order valence-corrected chi connectivity index (χ3v) is 4.43. The van der Waals surface area contributed by atoms with E-state index < -0.39 is 5.41 Å². The number of imide groups is 1. The minimum Gasteiger partial charge on any atom is -0.274 e. The highest BCUT2D eigenvalue weighted by molar-refractivity contribution is 7.14. The van der Waals surface area contributed by atoms with Gasteiger partial charge in [-0.05, 0) is 19.8 Å². The van der Waals surface area contributed by atoms with E-state index in [4.69, 9.17) is 0 Å². The Morgan fingerprint density at radius 2 is 2.29 bits per heavy atom. The van der Waals surface area contributed by atoms with Crippen molar-refractivity contribution in [2.75, 3.05) is 4.90 Å². The van der Waals surface area contributed by atoms with Gasteiger partial charge >= 0.3 is 0 Å². The van der Waals surface area contributed by atoms with Crippen molar-refractivity contribution in [3.05, 3.63) is 23.7 Å². The second-order valence-electron chi connectivity index (χ2n) is 4.67. The molecule has 1 aromatic rings. The van der Waals surface area contributed by atoms with Crippen molar-refractivity contribution in [2.24, 2.45) is 11.3 Å². The Labute approximate surface area is 103 Å². The Balaban J connectivity index is 2.06. The molecule has 5 heteroatoms. The number of hydrogen-bond donors (Lipinski definition) is 0. The summed E-state index contributed by atoms with van der Waals surface area (Å²) in [4.78, 5) is 30.0. The van der Waals surface area contributed by atoms with Gasteiger partial charge in [0.2, 0.25) is 11.8 Å². The first-order valence-corrected chi connectivity index (χ1v) is 6.45. The number of rotatable bonds is 1. The SMILES string of the molecule is C[C@@]12CC=CC[C@H]1C(=O)N(c1nccs1)C2=O. The summed E-state index contributed by atoms with van der Waals surface area (Å²) in [6.45, 7) is 1.88. The van der Waals surface area contributed by atoms with E-state index in [0.717, 1.165) is 0 Å². The molecular weight excluding hydrogens is 236 g/mol.